The Morgan fingerprint density at radius 2 is 2.24 bits per heavy atom. The van der Waals surface area contributed by atoms with Crippen LogP contribution in [0.15, 0.2) is 33.1 Å². The second-order valence-corrected chi connectivity index (χ2v) is 5.35. The maximum absolute atomic E-state index is 9.10. The first-order chi connectivity index (χ1) is 8.13. The van der Waals surface area contributed by atoms with Crippen molar-refractivity contribution < 1.29 is 5.11 Å². The van der Waals surface area contributed by atoms with Crippen LogP contribution in [0.2, 0.25) is 0 Å². The standard InChI is InChI=1S/C11H12BrN3OS/c1-7-3-4-13-10(9(7)12)17-11-14-5-8(6-16)15(11)2/h3-5,16H,6H2,1-2H3. The van der Waals surface area contributed by atoms with Crippen molar-refractivity contribution in [1.29, 1.82) is 0 Å². The van der Waals surface area contributed by atoms with Gasteiger partial charge < -0.3 is 9.67 Å². The summed E-state index contributed by atoms with van der Waals surface area (Å²) in [6.07, 6.45) is 3.45. The smallest absolute Gasteiger partial charge is 0.174 e. The molecule has 1 N–H and O–H groups in total. The van der Waals surface area contributed by atoms with Crippen LogP contribution in [0.1, 0.15) is 11.3 Å². The molecule has 0 radical (unpaired) electrons. The van der Waals surface area contributed by atoms with Crippen molar-refractivity contribution in [3.05, 3.63) is 34.2 Å². The summed E-state index contributed by atoms with van der Waals surface area (Å²) in [5.41, 5.74) is 1.93. The molecule has 0 aliphatic rings. The molecule has 0 saturated heterocycles. The lowest BCUT2D eigenvalue weighted by molar-refractivity contribution is 0.271. The largest absolute Gasteiger partial charge is 0.390 e. The van der Waals surface area contributed by atoms with E-state index < -0.39 is 0 Å². The van der Waals surface area contributed by atoms with Crippen molar-refractivity contribution in [1.82, 2.24) is 14.5 Å². The summed E-state index contributed by atoms with van der Waals surface area (Å²) in [7, 11) is 1.88. The molecule has 0 saturated carbocycles. The minimum absolute atomic E-state index is 0.00746. The van der Waals surface area contributed by atoms with E-state index in [0.29, 0.717) is 0 Å². The summed E-state index contributed by atoms with van der Waals surface area (Å²) in [5.74, 6) is 0. The number of aromatic nitrogens is 3. The average Bonchev–Trinajstić information content (AvgIpc) is 2.66. The summed E-state index contributed by atoms with van der Waals surface area (Å²) in [6.45, 7) is 2.01. The van der Waals surface area contributed by atoms with E-state index in [4.69, 9.17) is 5.11 Å². The Labute approximate surface area is 112 Å². The van der Waals surface area contributed by atoms with E-state index in [9.17, 15) is 0 Å². The van der Waals surface area contributed by atoms with E-state index in [-0.39, 0.29) is 6.61 Å². The van der Waals surface area contributed by atoms with Gasteiger partial charge in [-0.2, -0.15) is 0 Å². The average molecular weight is 314 g/mol. The molecule has 0 fully saturated rings. The van der Waals surface area contributed by atoms with Crippen LogP contribution in [0, 0.1) is 6.92 Å². The lowest BCUT2D eigenvalue weighted by Crippen LogP contribution is -1.97. The molecule has 2 rings (SSSR count). The first-order valence-electron chi connectivity index (χ1n) is 5.04. The first-order valence-corrected chi connectivity index (χ1v) is 6.65. The predicted molar refractivity (Wildman–Crippen MR) is 69.9 cm³/mol. The lowest BCUT2D eigenvalue weighted by atomic mass is 10.3. The Kier molecular flexibility index (Phi) is 3.86. The van der Waals surface area contributed by atoms with Crippen LogP contribution in [-0.4, -0.2) is 19.6 Å². The van der Waals surface area contributed by atoms with Crippen molar-refractivity contribution in [2.45, 2.75) is 23.7 Å². The number of halogens is 1. The number of imidazole rings is 1. The molecule has 2 heterocycles. The molecule has 90 valence electrons. The van der Waals surface area contributed by atoms with Gasteiger partial charge in [0.1, 0.15) is 5.03 Å². The number of hydrogen-bond acceptors (Lipinski definition) is 4. The van der Waals surface area contributed by atoms with Crippen LogP contribution in [0.4, 0.5) is 0 Å². The number of aliphatic hydroxyl groups excluding tert-OH is 1. The zero-order chi connectivity index (χ0) is 12.4. The molecule has 0 aliphatic carbocycles. The van der Waals surface area contributed by atoms with Crippen LogP contribution in [-0.2, 0) is 13.7 Å². The molecule has 6 heteroatoms. The van der Waals surface area contributed by atoms with E-state index in [2.05, 4.69) is 25.9 Å². The number of hydrogen-bond donors (Lipinski definition) is 1. The Morgan fingerprint density at radius 1 is 1.47 bits per heavy atom. The van der Waals surface area contributed by atoms with E-state index >= 15 is 0 Å². The van der Waals surface area contributed by atoms with Crippen LogP contribution in [0.3, 0.4) is 0 Å². The predicted octanol–water partition coefficient (Wildman–Crippen LogP) is 2.53. The highest BCUT2D eigenvalue weighted by molar-refractivity contribution is 9.10. The number of aryl methyl sites for hydroxylation is 1. The second kappa shape index (κ2) is 5.20. The van der Waals surface area contributed by atoms with Gasteiger partial charge in [-0.15, -0.1) is 0 Å². The molecule has 0 aromatic carbocycles. The van der Waals surface area contributed by atoms with Crippen molar-refractivity contribution in [2.24, 2.45) is 7.05 Å². The van der Waals surface area contributed by atoms with Gasteiger partial charge in [0, 0.05) is 13.2 Å². The second-order valence-electron chi connectivity index (χ2n) is 3.60. The van der Waals surface area contributed by atoms with Crippen LogP contribution in [0.25, 0.3) is 0 Å². The molecule has 0 aliphatic heterocycles. The minimum atomic E-state index is -0.00746. The third kappa shape index (κ3) is 2.53. The topological polar surface area (TPSA) is 50.9 Å². The van der Waals surface area contributed by atoms with E-state index in [1.165, 1.54) is 11.8 Å². The maximum atomic E-state index is 9.10. The molecule has 2 aromatic heterocycles. The van der Waals surface area contributed by atoms with E-state index in [1.807, 2.05) is 24.6 Å². The first kappa shape index (κ1) is 12.6. The third-order valence-corrected chi connectivity index (χ3v) is 4.77. The zero-order valence-corrected chi connectivity index (χ0v) is 11.9. The number of nitrogens with zero attached hydrogens (tertiary/aromatic N) is 3. The molecule has 0 bridgehead atoms. The Hall–Kier alpha value is -0.850. The number of aliphatic hydroxyl groups is 1. The molecular weight excluding hydrogens is 302 g/mol. The third-order valence-electron chi connectivity index (χ3n) is 2.44. The van der Waals surface area contributed by atoms with E-state index in [0.717, 1.165) is 25.9 Å². The molecule has 0 spiro atoms. The molecule has 0 unspecified atom stereocenters. The van der Waals surface area contributed by atoms with Gasteiger partial charge in [-0.05, 0) is 46.2 Å². The summed E-state index contributed by atoms with van der Waals surface area (Å²) in [5, 5.41) is 10.8. The summed E-state index contributed by atoms with van der Waals surface area (Å²) < 4.78 is 2.85. The summed E-state index contributed by atoms with van der Waals surface area (Å²) in [4.78, 5) is 8.57. The van der Waals surface area contributed by atoms with Gasteiger partial charge in [0.25, 0.3) is 0 Å². The number of rotatable bonds is 3. The zero-order valence-electron chi connectivity index (χ0n) is 9.51. The fourth-order valence-corrected chi connectivity index (χ4v) is 2.71. The van der Waals surface area contributed by atoms with Gasteiger partial charge in [0.15, 0.2) is 5.16 Å². The monoisotopic (exact) mass is 313 g/mol. The summed E-state index contributed by atoms with van der Waals surface area (Å²) in [6, 6.07) is 1.95. The van der Waals surface area contributed by atoms with Gasteiger partial charge in [-0.1, -0.05) is 0 Å². The fourth-order valence-electron chi connectivity index (χ4n) is 1.34. The molecule has 17 heavy (non-hydrogen) atoms. The number of pyridine rings is 1. The van der Waals surface area contributed by atoms with Gasteiger partial charge in [0.05, 0.1) is 23.0 Å². The highest BCUT2D eigenvalue weighted by Gasteiger charge is 2.11. The van der Waals surface area contributed by atoms with Gasteiger partial charge in [-0.25, -0.2) is 9.97 Å². The molecule has 2 aromatic rings. The van der Waals surface area contributed by atoms with Crippen molar-refractivity contribution in [3.63, 3.8) is 0 Å². The summed E-state index contributed by atoms with van der Waals surface area (Å²) >= 11 is 4.99. The Bertz CT molecular complexity index is 542. The fraction of sp³-hybridized carbons (Fsp3) is 0.273. The molecular formula is C11H12BrN3OS. The SMILES string of the molecule is Cc1ccnc(Sc2ncc(CO)n2C)c1Br. The maximum Gasteiger partial charge on any atom is 0.174 e. The van der Waals surface area contributed by atoms with Crippen LogP contribution < -0.4 is 0 Å². The van der Waals surface area contributed by atoms with Crippen molar-refractivity contribution in [2.75, 3.05) is 0 Å². The molecule has 4 nitrogen and oxygen atoms in total. The quantitative estimate of drug-likeness (QED) is 0.946. The Balaban J connectivity index is 2.31. The van der Waals surface area contributed by atoms with Crippen LogP contribution in [0.5, 0.6) is 0 Å². The molecule has 0 amide bonds. The molecule has 0 atom stereocenters. The normalized spacial score (nSPS) is 10.8. The van der Waals surface area contributed by atoms with Crippen molar-refractivity contribution >= 4 is 27.7 Å². The van der Waals surface area contributed by atoms with Crippen molar-refractivity contribution in [3.8, 4) is 0 Å². The van der Waals surface area contributed by atoms with Crippen LogP contribution >= 0.6 is 27.7 Å². The van der Waals surface area contributed by atoms with Gasteiger partial charge >= 0.3 is 0 Å². The highest BCUT2D eigenvalue weighted by atomic mass is 79.9. The van der Waals surface area contributed by atoms with Gasteiger partial charge in [-0.3, -0.25) is 0 Å². The van der Waals surface area contributed by atoms with E-state index in [1.54, 1.807) is 12.4 Å². The minimum Gasteiger partial charge on any atom is -0.390 e. The lowest BCUT2D eigenvalue weighted by Gasteiger charge is -2.06. The van der Waals surface area contributed by atoms with Gasteiger partial charge in [0.2, 0.25) is 0 Å². The Morgan fingerprint density at radius 3 is 2.88 bits per heavy atom. The highest BCUT2D eigenvalue weighted by Crippen LogP contribution is 2.32.